The van der Waals surface area contributed by atoms with E-state index in [0.717, 1.165) is 4.90 Å². The molecule has 0 unspecified atom stereocenters. The van der Waals surface area contributed by atoms with Gasteiger partial charge in [-0.25, -0.2) is 0 Å². The summed E-state index contributed by atoms with van der Waals surface area (Å²) in [6, 6.07) is 3.80. The van der Waals surface area contributed by atoms with Crippen molar-refractivity contribution in [1.82, 2.24) is 0 Å². The van der Waals surface area contributed by atoms with Crippen molar-refractivity contribution in [1.29, 1.82) is 0 Å². The van der Waals surface area contributed by atoms with Crippen molar-refractivity contribution in [3.63, 3.8) is 0 Å². The summed E-state index contributed by atoms with van der Waals surface area (Å²) in [5, 5.41) is 0. The van der Waals surface area contributed by atoms with E-state index in [2.05, 4.69) is 15.9 Å². The monoisotopic (exact) mass is 315 g/mol. The lowest BCUT2D eigenvalue weighted by Crippen LogP contribution is -2.49. The third kappa shape index (κ3) is 1.44. The van der Waals surface area contributed by atoms with Gasteiger partial charge in [-0.2, -0.15) is 8.78 Å². The van der Waals surface area contributed by atoms with Gasteiger partial charge in [0.1, 0.15) is 5.78 Å². The molecule has 0 bridgehead atoms. The molecule has 1 aromatic rings. The third-order valence-corrected chi connectivity index (χ3v) is 3.83. The molecule has 0 saturated heterocycles. The number of anilines is 1. The standard InChI is InChI=1S/C12H8BrF2NO2/c13-6-1-2-9-10(3-6)16(7-4-8(17)5-7)11(18)12(9,14)15/h1-3,7H,4-5H2. The molecule has 1 fully saturated rings. The lowest BCUT2D eigenvalue weighted by molar-refractivity contribution is -0.143. The molecule has 1 aromatic carbocycles. The number of halogens is 3. The molecular formula is C12H8BrF2NO2. The van der Waals surface area contributed by atoms with E-state index in [9.17, 15) is 18.4 Å². The molecule has 3 nitrogen and oxygen atoms in total. The molecule has 0 aromatic heterocycles. The minimum atomic E-state index is -3.49. The molecule has 1 saturated carbocycles. The Kier molecular flexibility index (Phi) is 2.35. The lowest BCUT2D eigenvalue weighted by atomic mass is 9.90. The first-order chi connectivity index (χ1) is 8.41. The normalized spacial score (nSPS) is 22.1. The van der Waals surface area contributed by atoms with Gasteiger partial charge in [-0.05, 0) is 18.2 Å². The highest BCUT2D eigenvalue weighted by atomic mass is 79.9. The van der Waals surface area contributed by atoms with Crippen LogP contribution in [0, 0.1) is 0 Å². The number of ketones is 1. The molecule has 94 valence electrons. The number of Topliss-reactive ketones (excluding diaryl/α,β-unsaturated/α-hetero) is 1. The number of carbonyl (C=O) groups is 2. The third-order valence-electron chi connectivity index (χ3n) is 3.34. The van der Waals surface area contributed by atoms with Gasteiger partial charge in [0.05, 0.1) is 17.3 Å². The fourth-order valence-electron chi connectivity index (χ4n) is 2.36. The van der Waals surface area contributed by atoms with Gasteiger partial charge >= 0.3 is 11.8 Å². The van der Waals surface area contributed by atoms with Gasteiger partial charge in [-0.3, -0.25) is 9.59 Å². The molecule has 1 amide bonds. The van der Waals surface area contributed by atoms with Crippen LogP contribution >= 0.6 is 15.9 Å². The number of hydrogen-bond donors (Lipinski definition) is 0. The van der Waals surface area contributed by atoms with Gasteiger partial charge in [-0.1, -0.05) is 15.9 Å². The van der Waals surface area contributed by atoms with Crippen LogP contribution in [0.4, 0.5) is 14.5 Å². The molecule has 0 radical (unpaired) electrons. The number of rotatable bonds is 1. The van der Waals surface area contributed by atoms with Gasteiger partial charge in [0.25, 0.3) is 0 Å². The summed E-state index contributed by atoms with van der Waals surface area (Å²) < 4.78 is 28.3. The largest absolute Gasteiger partial charge is 0.352 e. The van der Waals surface area contributed by atoms with E-state index in [4.69, 9.17) is 0 Å². The minimum Gasteiger partial charge on any atom is -0.302 e. The minimum absolute atomic E-state index is 0.000405. The zero-order valence-electron chi connectivity index (χ0n) is 9.12. The van der Waals surface area contributed by atoms with Crippen molar-refractivity contribution in [3.8, 4) is 0 Å². The predicted octanol–water partition coefficient (Wildman–Crippen LogP) is 2.62. The molecule has 6 heteroatoms. The van der Waals surface area contributed by atoms with Crippen molar-refractivity contribution in [3.05, 3.63) is 28.2 Å². The fourth-order valence-corrected chi connectivity index (χ4v) is 2.71. The summed E-state index contributed by atoms with van der Waals surface area (Å²) in [6.45, 7) is 0. The number of carbonyl (C=O) groups excluding carboxylic acids is 2. The second-order valence-corrected chi connectivity index (χ2v) is 5.43. The van der Waals surface area contributed by atoms with Crippen LogP contribution in [0.3, 0.4) is 0 Å². The maximum absolute atomic E-state index is 13.8. The molecule has 2 aliphatic rings. The van der Waals surface area contributed by atoms with E-state index in [1.807, 2.05) is 0 Å². The fraction of sp³-hybridized carbons (Fsp3) is 0.333. The smallest absolute Gasteiger partial charge is 0.302 e. The van der Waals surface area contributed by atoms with E-state index in [1.165, 1.54) is 18.2 Å². The number of alkyl halides is 2. The Morgan fingerprint density at radius 2 is 1.94 bits per heavy atom. The zero-order chi connectivity index (χ0) is 13.1. The summed E-state index contributed by atoms with van der Waals surface area (Å²) in [5.41, 5.74) is -0.0769. The maximum Gasteiger partial charge on any atom is 0.352 e. The summed E-state index contributed by atoms with van der Waals surface area (Å²) in [4.78, 5) is 23.8. The van der Waals surface area contributed by atoms with Crippen LogP contribution in [-0.4, -0.2) is 17.7 Å². The molecule has 1 aliphatic carbocycles. The van der Waals surface area contributed by atoms with E-state index in [0.29, 0.717) is 4.47 Å². The maximum atomic E-state index is 13.8. The highest BCUT2D eigenvalue weighted by Crippen LogP contribution is 2.47. The molecular weight excluding hydrogens is 308 g/mol. The zero-order valence-corrected chi connectivity index (χ0v) is 10.7. The van der Waals surface area contributed by atoms with Crippen molar-refractivity contribution in [2.24, 2.45) is 0 Å². The van der Waals surface area contributed by atoms with Crippen LogP contribution in [0.15, 0.2) is 22.7 Å². The Hall–Kier alpha value is -1.30. The van der Waals surface area contributed by atoms with Crippen LogP contribution < -0.4 is 4.90 Å². The molecule has 0 spiro atoms. The molecule has 18 heavy (non-hydrogen) atoms. The van der Waals surface area contributed by atoms with Gasteiger partial charge < -0.3 is 4.90 Å². The van der Waals surface area contributed by atoms with Gasteiger partial charge in [0, 0.05) is 17.3 Å². The van der Waals surface area contributed by atoms with Gasteiger partial charge in [0.2, 0.25) is 0 Å². The average molecular weight is 316 g/mol. The van der Waals surface area contributed by atoms with Crippen LogP contribution in [0.5, 0.6) is 0 Å². The first-order valence-corrected chi connectivity index (χ1v) is 6.24. The second kappa shape index (κ2) is 3.60. The van der Waals surface area contributed by atoms with E-state index in [-0.39, 0.29) is 29.9 Å². The summed E-state index contributed by atoms with van der Waals surface area (Å²) in [7, 11) is 0. The molecule has 1 aliphatic heterocycles. The van der Waals surface area contributed by atoms with Crippen molar-refractivity contribution in [2.45, 2.75) is 24.8 Å². The number of benzene rings is 1. The van der Waals surface area contributed by atoms with Crippen molar-refractivity contribution >= 4 is 33.3 Å². The quantitative estimate of drug-likeness (QED) is 0.799. The van der Waals surface area contributed by atoms with Crippen molar-refractivity contribution < 1.29 is 18.4 Å². The highest BCUT2D eigenvalue weighted by molar-refractivity contribution is 9.10. The number of amides is 1. The lowest BCUT2D eigenvalue weighted by Gasteiger charge is -2.33. The number of nitrogens with zero attached hydrogens (tertiary/aromatic N) is 1. The molecule has 0 atom stereocenters. The van der Waals surface area contributed by atoms with Crippen molar-refractivity contribution in [2.75, 3.05) is 4.90 Å². The highest BCUT2D eigenvalue weighted by Gasteiger charge is 2.56. The summed E-state index contributed by atoms with van der Waals surface area (Å²) in [5.74, 6) is -4.72. The van der Waals surface area contributed by atoms with Gasteiger partial charge in [-0.15, -0.1) is 0 Å². The van der Waals surface area contributed by atoms with Crippen LogP contribution in [0.1, 0.15) is 18.4 Å². The topological polar surface area (TPSA) is 37.4 Å². The Morgan fingerprint density at radius 1 is 1.28 bits per heavy atom. The predicted molar refractivity (Wildman–Crippen MR) is 63.6 cm³/mol. The number of fused-ring (bicyclic) bond motifs is 1. The Morgan fingerprint density at radius 3 is 2.56 bits per heavy atom. The number of hydrogen-bond acceptors (Lipinski definition) is 2. The Labute approximate surface area is 110 Å². The first kappa shape index (κ1) is 11.8. The summed E-state index contributed by atoms with van der Waals surface area (Å²) >= 11 is 3.20. The second-order valence-electron chi connectivity index (χ2n) is 4.51. The first-order valence-electron chi connectivity index (χ1n) is 5.44. The van der Waals surface area contributed by atoms with E-state index in [1.54, 1.807) is 0 Å². The Bertz CT molecular complexity index is 565. The summed E-state index contributed by atoms with van der Waals surface area (Å²) in [6.07, 6.45) is 0.321. The average Bonchev–Trinajstić information content (AvgIpc) is 2.44. The Balaban J connectivity index is 2.09. The van der Waals surface area contributed by atoms with E-state index < -0.39 is 17.9 Å². The molecule has 1 heterocycles. The molecule has 0 N–H and O–H groups in total. The molecule has 3 rings (SSSR count). The SMILES string of the molecule is O=C1CC(N2C(=O)C(F)(F)c3ccc(Br)cc32)C1. The van der Waals surface area contributed by atoms with Crippen LogP contribution in [-0.2, 0) is 15.5 Å². The van der Waals surface area contributed by atoms with Gasteiger partial charge in [0.15, 0.2) is 0 Å². The van der Waals surface area contributed by atoms with E-state index >= 15 is 0 Å². The van der Waals surface area contributed by atoms with Crippen LogP contribution in [0.2, 0.25) is 0 Å². The van der Waals surface area contributed by atoms with Crippen LogP contribution in [0.25, 0.3) is 0 Å².